The Morgan fingerprint density at radius 3 is 2.37 bits per heavy atom. The van der Waals surface area contributed by atoms with Crippen LogP contribution in [0.15, 0.2) is 42.5 Å². The number of aromatic nitrogens is 1. The van der Waals surface area contributed by atoms with Crippen LogP contribution in [0.4, 0.5) is 0 Å². The first-order chi connectivity index (χ1) is 13.0. The maximum Gasteiger partial charge on any atom is 0.268 e. The molecular formula is C21H24N2O4. The largest absolute Gasteiger partial charge is 0.497 e. The molecule has 0 spiro atoms. The van der Waals surface area contributed by atoms with Crippen LogP contribution < -0.4 is 19.5 Å². The summed E-state index contributed by atoms with van der Waals surface area (Å²) in [7, 11) is 6.69. The summed E-state index contributed by atoms with van der Waals surface area (Å²) in [6.45, 7) is 1.94. The number of methoxy groups -OCH3 is 3. The maximum absolute atomic E-state index is 12.8. The number of benzene rings is 2. The van der Waals surface area contributed by atoms with Crippen LogP contribution in [0.1, 0.15) is 29.0 Å². The Kier molecular flexibility index (Phi) is 5.26. The molecule has 0 aliphatic heterocycles. The number of rotatable bonds is 6. The van der Waals surface area contributed by atoms with E-state index in [1.54, 1.807) is 21.3 Å². The van der Waals surface area contributed by atoms with E-state index in [0.717, 1.165) is 22.2 Å². The first-order valence-corrected chi connectivity index (χ1v) is 8.64. The van der Waals surface area contributed by atoms with Crippen molar-refractivity contribution in [3.63, 3.8) is 0 Å². The number of fused-ring (bicyclic) bond motifs is 1. The minimum atomic E-state index is -0.190. The average molecular weight is 368 g/mol. The smallest absolute Gasteiger partial charge is 0.268 e. The van der Waals surface area contributed by atoms with E-state index in [1.165, 1.54) is 0 Å². The van der Waals surface area contributed by atoms with E-state index in [9.17, 15) is 4.79 Å². The molecule has 142 valence electrons. The second kappa shape index (κ2) is 7.61. The fourth-order valence-corrected chi connectivity index (χ4v) is 3.15. The zero-order valence-electron chi connectivity index (χ0n) is 16.2. The first-order valence-electron chi connectivity index (χ1n) is 8.64. The van der Waals surface area contributed by atoms with Crippen LogP contribution in [0.3, 0.4) is 0 Å². The number of aryl methyl sites for hydroxylation is 1. The van der Waals surface area contributed by atoms with Gasteiger partial charge in [0, 0.05) is 18.0 Å². The van der Waals surface area contributed by atoms with E-state index >= 15 is 0 Å². The fraction of sp³-hybridized carbons (Fsp3) is 0.286. The van der Waals surface area contributed by atoms with Crippen molar-refractivity contribution in [2.24, 2.45) is 7.05 Å². The number of nitrogens with zero attached hydrogens (tertiary/aromatic N) is 1. The number of carbonyl (C=O) groups is 1. The van der Waals surface area contributed by atoms with Crippen molar-refractivity contribution < 1.29 is 19.0 Å². The molecule has 2 aromatic carbocycles. The van der Waals surface area contributed by atoms with Gasteiger partial charge in [0.2, 0.25) is 0 Å². The van der Waals surface area contributed by atoms with Crippen molar-refractivity contribution in [2.45, 2.75) is 13.0 Å². The molecule has 0 radical (unpaired) electrons. The number of hydrogen-bond donors (Lipinski definition) is 1. The maximum atomic E-state index is 12.8. The highest BCUT2D eigenvalue weighted by molar-refractivity contribution is 5.99. The Morgan fingerprint density at radius 2 is 1.70 bits per heavy atom. The van der Waals surface area contributed by atoms with Gasteiger partial charge in [0.1, 0.15) is 11.4 Å². The summed E-state index contributed by atoms with van der Waals surface area (Å²) in [4.78, 5) is 12.8. The van der Waals surface area contributed by atoms with Crippen LogP contribution in [-0.2, 0) is 7.05 Å². The molecule has 1 heterocycles. The number of hydrogen-bond acceptors (Lipinski definition) is 4. The molecule has 0 saturated carbocycles. The fourth-order valence-electron chi connectivity index (χ4n) is 3.15. The summed E-state index contributed by atoms with van der Waals surface area (Å²) >= 11 is 0. The lowest BCUT2D eigenvalue weighted by Gasteiger charge is -2.17. The minimum absolute atomic E-state index is 0.144. The highest BCUT2D eigenvalue weighted by Crippen LogP contribution is 2.30. The number of nitrogens with one attached hydrogen (secondary N) is 1. The molecule has 0 saturated heterocycles. The van der Waals surface area contributed by atoms with E-state index in [0.29, 0.717) is 17.2 Å². The second-order valence-corrected chi connectivity index (χ2v) is 6.32. The summed E-state index contributed by atoms with van der Waals surface area (Å²) in [6, 6.07) is 13.1. The van der Waals surface area contributed by atoms with Crippen LogP contribution in [0.2, 0.25) is 0 Å². The van der Waals surface area contributed by atoms with Gasteiger partial charge in [-0.05, 0) is 48.9 Å². The third kappa shape index (κ3) is 3.56. The van der Waals surface area contributed by atoms with E-state index in [1.807, 2.05) is 61.0 Å². The van der Waals surface area contributed by atoms with E-state index in [-0.39, 0.29) is 11.9 Å². The molecular weight excluding hydrogens is 344 g/mol. The number of amides is 1. The van der Waals surface area contributed by atoms with Crippen molar-refractivity contribution in [1.82, 2.24) is 9.88 Å². The standard InChI is InChI=1S/C21H24N2O4/c1-13(14-6-9-19(26-4)20(12-14)27-5)22-21(24)18-11-15-10-16(25-3)7-8-17(15)23(18)2/h6-13H,1-5H3,(H,22,24). The van der Waals surface area contributed by atoms with Gasteiger partial charge in [-0.3, -0.25) is 4.79 Å². The highest BCUT2D eigenvalue weighted by atomic mass is 16.5. The molecule has 0 fully saturated rings. The normalized spacial score (nSPS) is 11.9. The Labute approximate surface area is 158 Å². The number of ether oxygens (including phenoxy) is 3. The van der Waals surface area contributed by atoms with Crippen molar-refractivity contribution in [1.29, 1.82) is 0 Å². The van der Waals surface area contributed by atoms with Gasteiger partial charge in [-0.25, -0.2) is 0 Å². The molecule has 1 aromatic heterocycles. The third-order valence-corrected chi connectivity index (χ3v) is 4.74. The zero-order valence-corrected chi connectivity index (χ0v) is 16.2. The molecule has 6 nitrogen and oxygen atoms in total. The van der Waals surface area contributed by atoms with Crippen LogP contribution in [-0.4, -0.2) is 31.8 Å². The lowest BCUT2D eigenvalue weighted by atomic mass is 10.1. The molecule has 1 atom stereocenters. The van der Waals surface area contributed by atoms with E-state index < -0.39 is 0 Å². The molecule has 0 aliphatic rings. The third-order valence-electron chi connectivity index (χ3n) is 4.74. The predicted molar refractivity (Wildman–Crippen MR) is 105 cm³/mol. The Bertz CT molecular complexity index is 978. The van der Waals surface area contributed by atoms with Crippen molar-refractivity contribution in [2.75, 3.05) is 21.3 Å². The summed E-state index contributed by atoms with van der Waals surface area (Å²) in [5, 5.41) is 4.00. The molecule has 0 bridgehead atoms. The molecule has 1 unspecified atom stereocenters. The van der Waals surface area contributed by atoms with E-state index in [2.05, 4.69) is 5.32 Å². The quantitative estimate of drug-likeness (QED) is 0.721. The Balaban J connectivity index is 1.84. The van der Waals surface area contributed by atoms with E-state index in [4.69, 9.17) is 14.2 Å². The van der Waals surface area contributed by atoms with Gasteiger partial charge in [-0.1, -0.05) is 6.07 Å². The van der Waals surface area contributed by atoms with Crippen LogP contribution in [0.5, 0.6) is 17.2 Å². The van der Waals surface area contributed by atoms with Crippen LogP contribution >= 0.6 is 0 Å². The van der Waals surface area contributed by atoms with Crippen molar-refractivity contribution in [3.05, 3.63) is 53.7 Å². The average Bonchev–Trinajstić information content (AvgIpc) is 3.03. The first kappa shape index (κ1) is 18.6. The summed E-state index contributed by atoms with van der Waals surface area (Å²) in [5.74, 6) is 1.91. The molecule has 3 aromatic rings. The molecule has 1 N–H and O–H groups in total. The summed E-state index contributed by atoms with van der Waals surface area (Å²) in [6.07, 6.45) is 0. The monoisotopic (exact) mass is 368 g/mol. The molecule has 3 rings (SSSR count). The van der Waals surface area contributed by atoms with Crippen LogP contribution in [0.25, 0.3) is 10.9 Å². The zero-order chi connectivity index (χ0) is 19.6. The molecule has 6 heteroatoms. The SMILES string of the molecule is COc1ccc2c(c1)cc(C(=O)NC(C)c1ccc(OC)c(OC)c1)n2C. The summed E-state index contributed by atoms with van der Waals surface area (Å²) < 4.78 is 17.8. The van der Waals surface area contributed by atoms with Gasteiger partial charge in [0.05, 0.1) is 27.4 Å². The Hall–Kier alpha value is -3.15. The second-order valence-electron chi connectivity index (χ2n) is 6.32. The Morgan fingerprint density at radius 1 is 0.963 bits per heavy atom. The van der Waals surface area contributed by atoms with Crippen LogP contribution in [0, 0.1) is 0 Å². The minimum Gasteiger partial charge on any atom is -0.497 e. The van der Waals surface area contributed by atoms with Gasteiger partial charge < -0.3 is 24.1 Å². The van der Waals surface area contributed by atoms with Gasteiger partial charge in [0.25, 0.3) is 5.91 Å². The molecule has 0 aliphatic carbocycles. The predicted octanol–water partition coefficient (Wildman–Crippen LogP) is 3.70. The molecule has 1 amide bonds. The highest BCUT2D eigenvalue weighted by Gasteiger charge is 2.17. The van der Waals surface area contributed by atoms with Gasteiger partial charge in [-0.15, -0.1) is 0 Å². The summed E-state index contributed by atoms with van der Waals surface area (Å²) in [5.41, 5.74) is 2.49. The van der Waals surface area contributed by atoms with Crippen molar-refractivity contribution in [3.8, 4) is 17.2 Å². The molecule has 27 heavy (non-hydrogen) atoms. The topological polar surface area (TPSA) is 61.7 Å². The lowest BCUT2D eigenvalue weighted by molar-refractivity contribution is 0.0932. The van der Waals surface area contributed by atoms with Crippen molar-refractivity contribution >= 4 is 16.8 Å². The van der Waals surface area contributed by atoms with Gasteiger partial charge in [-0.2, -0.15) is 0 Å². The van der Waals surface area contributed by atoms with Gasteiger partial charge >= 0.3 is 0 Å². The van der Waals surface area contributed by atoms with Gasteiger partial charge in [0.15, 0.2) is 11.5 Å². The number of carbonyl (C=O) groups excluding carboxylic acids is 1. The lowest BCUT2D eigenvalue weighted by Crippen LogP contribution is -2.28.